The zero-order chi connectivity index (χ0) is 16.5. The van der Waals surface area contributed by atoms with Crippen LogP contribution in [0.4, 0.5) is 5.95 Å². The van der Waals surface area contributed by atoms with Gasteiger partial charge < -0.3 is 19.5 Å². The van der Waals surface area contributed by atoms with Gasteiger partial charge in [-0.3, -0.25) is 4.79 Å². The first-order chi connectivity index (χ1) is 11.7. The molecular formula is C17H21N5O2. The minimum absolute atomic E-state index is 0.0533. The molecule has 126 valence electrons. The molecule has 0 unspecified atom stereocenters. The van der Waals surface area contributed by atoms with E-state index in [-0.39, 0.29) is 18.1 Å². The van der Waals surface area contributed by atoms with Crippen molar-refractivity contribution in [1.29, 1.82) is 0 Å². The molecule has 2 aromatic heterocycles. The number of anilines is 1. The van der Waals surface area contributed by atoms with E-state index in [9.17, 15) is 4.79 Å². The van der Waals surface area contributed by atoms with Crippen LogP contribution in [0.15, 0.2) is 36.8 Å². The first-order valence-electron chi connectivity index (χ1n) is 8.27. The lowest BCUT2D eigenvalue weighted by molar-refractivity contribution is 0.0478. The molecule has 2 aliphatic rings. The number of nitrogens with zero attached hydrogens (tertiary/aromatic N) is 4. The fourth-order valence-corrected chi connectivity index (χ4v) is 3.61. The van der Waals surface area contributed by atoms with Crippen LogP contribution in [0.5, 0.6) is 0 Å². The van der Waals surface area contributed by atoms with Gasteiger partial charge >= 0.3 is 0 Å². The Bertz CT molecular complexity index is 703. The second-order valence-electron chi connectivity index (χ2n) is 6.46. The van der Waals surface area contributed by atoms with Crippen LogP contribution in [0, 0.1) is 5.92 Å². The van der Waals surface area contributed by atoms with Gasteiger partial charge in [0, 0.05) is 51.2 Å². The molecule has 0 aromatic carbocycles. The number of aryl methyl sites for hydroxylation is 1. The van der Waals surface area contributed by atoms with Crippen molar-refractivity contribution in [3.8, 4) is 0 Å². The number of carbonyl (C=O) groups is 1. The van der Waals surface area contributed by atoms with Crippen LogP contribution in [-0.2, 0) is 11.8 Å². The number of carbonyl (C=O) groups excluding carboxylic acids is 1. The Morgan fingerprint density at radius 1 is 1.33 bits per heavy atom. The lowest BCUT2D eigenvalue weighted by Crippen LogP contribution is -2.34. The molecule has 7 nitrogen and oxygen atoms in total. The van der Waals surface area contributed by atoms with Gasteiger partial charge in [-0.2, -0.15) is 0 Å². The van der Waals surface area contributed by atoms with Crippen molar-refractivity contribution in [3.05, 3.63) is 42.5 Å². The number of fused-ring (bicyclic) bond motifs is 1. The SMILES string of the molecule is Cn1cccc1C(=O)NC[C@H]1C[C@@H]2CN(c3ncccn3)C[C@@H]2O1. The van der Waals surface area contributed by atoms with E-state index < -0.39 is 0 Å². The van der Waals surface area contributed by atoms with Crippen LogP contribution in [-0.4, -0.2) is 52.3 Å². The zero-order valence-electron chi connectivity index (χ0n) is 13.6. The third kappa shape index (κ3) is 2.87. The summed E-state index contributed by atoms with van der Waals surface area (Å²) in [4.78, 5) is 22.9. The van der Waals surface area contributed by atoms with Gasteiger partial charge in [0.25, 0.3) is 5.91 Å². The van der Waals surface area contributed by atoms with Crippen molar-refractivity contribution >= 4 is 11.9 Å². The van der Waals surface area contributed by atoms with Gasteiger partial charge in [-0.25, -0.2) is 9.97 Å². The molecule has 2 fully saturated rings. The Labute approximate surface area is 140 Å². The highest BCUT2D eigenvalue weighted by molar-refractivity contribution is 5.92. The van der Waals surface area contributed by atoms with E-state index in [4.69, 9.17) is 4.74 Å². The normalized spacial score (nSPS) is 25.7. The van der Waals surface area contributed by atoms with Crippen molar-refractivity contribution in [3.63, 3.8) is 0 Å². The van der Waals surface area contributed by atoms with Crippen LogP contribution in [0.2, 0.25) is 0 Å². The summed E-state index contributed by atoms with van der Waals surface area (Å²) in [5.41, 5.74) is 0.667. The van der Waals surface area contributed by atoms with Crippen LogP contribution < -0.4 is 10.2 Å². The fourth-order valence-electron chi connectivity index (χ4n) is 3.61. The summed E-state index contributed by atoms with van der Waals surface area (Å²) in [6.45, 7) is 2.28. The topological polar surface area (TPSA) is 72.3 Å². The summed E-state index contributed by atoms with van der Waals surface area (Å²) >= 11 is 0. The number of hydrogen-bond donors (Lipinski definition) is 1. The predicted molar refractivity (Wildman–Crippen MR) is 88.8 cm³/mol. The van der Waals surface area contributed by atoms with E-state index in [0.29, 0.717) is 18.2 Å². The molecule has 2 aliphatic heterocycles. The Morgan fingerprint density at radius 2 is 2.17 bits per heavy atom. The highest BCUT2D eigenvalue weighted by Crippen LogP contribution is 2.33. The fraction of sp³-hybridized carbons (Fsp3) is 0.471. The molecule has 24 heavy (non-hydrogen) atoms. The lowest BCUT2D eigenvalue weighted by Gasteiger charge is -2.19. The average Bonchev–Trinajstić information content (AvgIpc) is 3.27. The van der Waals surface area contributed by atoms with Crippen molar-refractivity contribution in [2.24, 2.45) is 13.0 Å². The first kappa shape index (κ1) is 15.1. The number of aromatic nitrogens is 3. The van der Waals surface area contributed by atoms with Gasteiger partial charge in [0.1, 0.15) is 5.69 Å². The molecule has 4 heterocycles. The van der Waals surface area contributed by atoms with E-state index in [1.807, 2.05) is 36.0 Å². The van der Waals surface area contributed by atoms with Gasteiger partial charge in [-0.05, 0) is 24.6 Å². The molecule has 7 heteroatoms. The number of ether oxygens (including phenoxy) is 1. The monoisotopic (exact) mass is 327 g/mol. The Hall–Kier alpha value is -2.41. The van der Waals surface area contributed by atoms with E-state index in [1.165, 1.54) is 0 Å². The summed E-state index contributed by atoms with van der Waals surface area (Å²) in [5.74, 6) is 1.19. The Balaban J connectivity index is 1.29. The minimum atomic E-state index is -0.0533. The third-order valence-corrected chi connectivity index (χ3v) is 4.82. The third-order valence-electron chi connectivity index (χ3n) is 4.82. The molecule has 0 bridgehead atoms. The first-order valence-corrected chi connectivity index (χ1v) is 8.27. The van der Waals surface area contributed by atoms with E-state index in [2.05, 4.69) is 20.2 Å². The van der Waals surface area contributed by atoms with E-state index in [0.717, 1.165) is 25.5 Å². The van der Waals surface area contributed by atoms with Crippen molar-refractivity contribution < 1.29 is 9.53 Å². The van der Waals surface area contributed by atoms with E-state index in [1.54, 1.807) is 12.4 Å². The molecule has 0 aliphatic carbocycles. The minimum Gasteiger partial charge on any atom is -0.371 e. The number of rotatable bonds is 4. The van der Waals surface area contributed by atoms with Crippen LogP contribution in [0.25, 0.3) is 0 Å². The zero-order valence-corrected chi connectivity index (χ0v) is 13.6. The Kier molecular flexibility index (Phi) is 3.93. The number of nitrogens with one attached hydrogen (secondary N) is 1. The summed E-state index contributed by atoms with van der Waals surface area (Å²) in [6, 6.07) is 5.51. The van der Waals surface area contributed by atoms with Gasteiger partial charge in [0.15, 0.2) is 0 Å². The summed E-state index contributed by atoms with van der Waals surface area (Å²) in [6.07, 6.45) is 6.64. The van der Waals surface area contributed by atoms with Crippen LogP contribution in [0.3, 0.4) is 0 Å². The second-order valence-corrected chi connectivity index (χ2v) is 6.46. The maximum atomic E-state index is 12.2. The van der Waals surface area contributed by atoms with Crippen molar-refractivity contribution in [2.45, 2.75) is 18.6 Å². The molecule has 3 atom stereocenters. The average molecular weight is 327 g/mol. The molecule has 0 saturated carbocycles. The van der Waals surface area contributed by atoms with Crippen LogP contribution in [0.1, 0.15) is 16.9 Å². The maximum Gasteiger partial charge on any atom is 0.267 e. The van der Waals surface area contributed by atoms with E-state index >= 15 is 0 Å². The van der Waals surface area contributed by atoms with Crippen molar-refractivity contribution in [2.75, 3.05) is 24.5 Å². The maximum absolute atomic E-state index is 12.2. The summed E-state index contributed by atoms with van der Waals surface area (Å²) in [5, 5.41) is 2.98. The standard InChI is InChI=1S/C17H21N5O2/c1-21-7-2-4-14(21)16(23)20-9-13-8-12-10-22(11-15(12)24-13)17-18-5-3-6-19-17/h2-7,12-13,15H,8-11H2,1H3,(H,20,23)/t12-,13-,15+/m1/s1. The molecule has 0 radical (unpaired) electrons. The second kappa shape index (κ2) is 6.24. The van der Waals surface area contributed by atoms with Gasteiger partial charge in [-0.1, -0.05) is 0 Å². The van der Waals surface area contributed by atoms with Gasteiger partial charge in [-0.15, -0.1) is 0 Å². The molecule has 0 spiro atoms. The molecule has 4 rings (SSSR count). The van der Waals surface area contributed by atoms with Crippen LogP contribution >= 0.6 is 0 Å². The summed E-state index contributed by atoms with van der Waals surface area (Å²) in [7, 11) is 1.87. The van der Waals surface area contributed by atoms with Gasteiger partial charge in [0.2, 0.25) is 5.95 Å². The molecular weight excluding hydrogens is 306 g/mol. The molecule has 1 N–H and O–H groups in total. The largest absolute Gasteiger partial charge is 0.371 e. The predicted octanol–water partition coefficient (Wildman–Crippen LogP) is 0.839. The number of amides is 1. The van der Waals surface area contributed by atoms with Gasteiger partial charge in [0.05, 0.1) is 12.2 Å². The quantitative estimate of drug-likeness (QED) is 0.901. The highest BCUT2D eigenvalue weighted by Gasteiger charge is 2.42. The lowest BCUT2D eigenvalue weighted by atomic mass is 10.0. The number of hydrogen-bond acceptors (Lipinski definition) is 5. The Morgan fingerprint density at radius 3 is 2.88 bits per heavy atom. The molecule has 1 amide bonds. The smallest absolute Gasteiger partial charge is 0.267 e. The highest BCUT2D eigenvalue weighted by atomic mass is 16.5. The molecule has 2 saturated heterocycles. The van der Waals surface area contributed by atoms with Crippen molar-refractivity contribution in [1.82, 2.24) is 19.9 Å². The molecule has 2 aromatic rings. The summed E-state index contributed by atoms with van der Waals surface area (Å²) < 4.78 is 7.93.